The number of hydrogen-bond donors (Lipinski definition) is 0. The van der Waals surface area contributed by atoms with Crippen LogP contribution in [0.4, 0.5) is 0 Å². The third-order valence-corrected chi connectivity index (χ3v) is 3.86. The van der Waals surface area contributed by atoms with Crippen molar-refractivity contribution in [1.82, 2.24) is 14.5 Å². The van der Waals surface area contributed by atoms with Crippen LogP contribution in [0.3, 0.4) is 0 Å². The van der Waals surface area contributed by atoms with E-state index in [4.69, 9.17) is 11.6 Å². The Morgan fingerprint density at radius 1 is 1.44 bits per heavy atom. The highest BCUT2D eigenvalue weighted by Crippen LogP contribution is 2.20. The van der Waals surface area contributed by atoms with Crippen molar-refractivity contribution in [2.24, 2.45) is 0 Å². The van der Waals surface area contributed by atoms with Gasteiger partial charge in [-0.2, -0.15) is 0 Å². The Kier molecular flexibility index (Phi) is 6.24. The SMILES string of the molecule is CCCCN(Cc1nnsc1Cl)C(C)CC. The summed E-state index contributed by atoms with van der Waals surface area (Å²) in [4.78, 5) is 2.44. The number of aromatic nitrogens is 2. The van der Waals surface area contributed by atoms with Crippen LogP contribution in [-0.2, 0) is 6.54 Å². The smallest absolute Gasteiger partial charge is 0.138 e. The highest BCUT2D eigenvalue weighted by atomic mass is 35.5. The molecule has 0 radical (unpaired) electrons. The van der Waals surface area contributed by atoms with E-state index >= 15 is 0 Å². The topological polar surface area (TPSA) is 29.0 Å². The highest BCUT2D eigenvalue weighted by Gasteiger charge is 2.15. The Balaban J connectivity index is 2.59. The number of hydrogen-bond acceptors (Lipinski definition) is 4. The molecular formula is C11H20ClN3S. The molecular weight excluding hydrogens is 242 g/mol. The van der Waals surface area contributed by atoms with E-state index in [0.717, 1.165) is 29.5 Å². The lowest BCUT2D eigenvalue weighted by Crippen LogP contribution is -2.33. The van der Waals surface area contributed by atoms with E-state index in [1.165, 1.54) is 24.4 Å². The average molecular weight is 262 g/mol. The average Bonchev–Trinajstić information content (AvgIpc) is 2.69. The van der Waals surface area contributed by atoms with E-state index in [0.29, 0.717) is 6.04 Å². The van der Waals surface area contributed by atoms with Crippen molar-refractivity contribution in [1.29, 1.82) is 0 Å². The zero-order chi connectivity index (χ0) is 12.0. The predicted molar refractivity (Wildman–Crippen MR) is 70.0 cm³/mol. The summed E-state index contributed by atoms with van der Waals surface area (Å²) in [6, 6.07) is 0.573. The molecule has 0 bridgehead atoms. The quantitative estimate of drug-likeness (QED) is 0.751. The molecule has 1 aromatic rings. The van der Waals surface area contributed by atoms with Crippen LogP contribution < -0.4 is 0 Å². The molecule has 1 unspecified atom stereocenters. The van der Waals surface area contributed by atoms with E-state index in [1.54, 1.807) is 0 Å². The molecule has 1 atom stereocenters. The number of halogens is 1. The van der Waals surface area contributed by atoms with Gasteiger partial charge in [-0.05, 0) is 26.3 Å². The van der Waals surface area contributed by atoms with E-state index in [9.17, 15) is 0 Å². The molecule has 1 aromatic heterocycles. The van der Waals surface area contributed by atoms with Crippen molar-refractivity contribution in [3.8, 4) is 0 Å². The highest BCUT2D eigenvalue weighted by molar-refractivity contribution is 7.10. The molecule has 1 rings (SSSR count). The van der Waals surface area contributed by atoms with Crippen LogP contribution in [0, 0.1) is 0 Å². The molecule has 5 heteroatoms. The lowest BCUT2D eigenvalue weighted by atomic mass is 10.2. The van der Waals surface area contributed by atoms with Crippen molar-refractivity contribution in [2.45, 2.75) is 52.6 Å². The van der Waals surface area contributed by atoms with Gasteiger partial charge in [0, 0.05) is 24.1 Å². The second-order valence-electron chi connectivity index (χ2n) is 4.07. The number of unbranched alkanes of at least 4 members (excludes halogenated alkanes) is 1. The predicted octanol–water partition coefficient (Wildman–Crippen LogP) is 3.59. The van der Waals surface area contributed by atoms with Crippen LogP contribution in [0.15, 0.2) is 0 Å². The molecule has 1 heterocycles. The van der Waals surface area contributed by atoms with E-state index in [1.807, 2.05) is 0 Å². The van der Waals surface area contributed by atoms with Crippen LogP contribution in [0.1, 0.15) is 45.7 Å². The number of rotatable bonds is 7. The van der Waals surface area contributed by atoms with Crippen molar-refractivity contribution in [3.05, 3.63) is 10.0 Å². The van der Waals surface area contributed by atoms with Gasteiger partial charge in [0.15, 0.2) is 0 Å². The maximum Gasteiger partial charge on any atom is 0.138 e. The Labute approximate surface area is 107 Å². The maximum atomic E-state index is 6.03. The number of nitrogens with zero attached hydrogens (tertiary/aromatic N) is 3. The minimum absolute atomic E-state index is 0.573. The van der Waals surface area contributed by atoms with Gasteiger partial charge in [-0.1, -0.05) is 36.4 Å². The Hall–Kier alpha value is -0.190. The first-order valence-electron chi connectivity index (χ1n) is 5.89. The zero-order valence-electron chi connectivity index (χ0n) is 10.2. The summed E-state index contributed by atoms with van der Waals surface area (Å²) < 4.78 is 4.60. The van der Waals surface area contributed by atoms with E-state index < -0.39 is 0 Å². The molecule has 0 aliphatic heterocycles. The molecule has 92 valence electrons. The fourth-order valence-corrected chi connectivity index (χ4v) is 2.17. The molecule has 0 aromatic carbocycles. The first-order valence-corrected chi connectivity index (χ1v) is 7.04. The maximum absolute atomic E-state index is 6.03. The lowest BCUT2D eigenvalue weighted by molar-refractivity contribution is 0.190. The van der Waals surface area contributed by atoms with Crippen LogP contribution in [0.5, 0.6) is 0 Å². The summed E-state index contributed by atoms with van der Waals surface area (Å²) in [7, 11) is 0. The Bertz CT molecular complexity index is 303. The van der Waals surface area contributed by atoms with Crippen molar-refractivity contribution < 1.29 is 0 Å². The van der Waals surface area contributed by atoms with E-state index in [2.05, 4.69) is 35.3 Å². The molecule has 0 spiro atoms. The minimum atomic E-state index is 0.573. The van der Waals surface area contributed by atoms with E-state index in [-0.39, 0.29) is 0 Å². The van der Waals surface area contributed by atoms with Gasteiger partial charge in [-0.15, -0.1) is 5.10 Å². The molecule has 0 N–H and O–H groups in total. The van der Waals surface area contributed by atoms with Gasteiger partial charge < -0.3 is 0 Å². The second kappa shape index (κ2) is 7.20. The van der Waals surface area contributed by atoms with Crippen molar-refractivity contribution in [2.75, 3.05) is 6.54 Å². The molecule has 0 amide bonds. The van der Waals surface area contributed by atoms with Gasteiger partial charge in [0.2, 0.25) is 0 Å². The summed E-state index contributed by atoms with van der Waals surface area (Å²) >= 11 is 7.30. The summed E-state index contributed by atoms with van der Waals surface area (Å²) in [5.74, 6) is 0. The lowest BCUT2D eigenvalue weighted by Gasteiger charge is -2.27. The first-order chi connectivity index (χ1) is 7.69. The van der Waals surface area contributed by atoms with Gasteiger partial charge in [0.05, 0.1) is 0 Å². The van der Waals surface area contributed by atoms with Crippen LogP contribution in [0.25, 0.3) is 0 Å². The van der Waals surface area contributed by atoms with Gasteiger partial charge in [-0.3, -0.25) is 4.90 Å². The zero-order valence-corrected chi connectivity index (χ0v) is 11.8. The molecule has 3 nitrogen and oxygen atoms in total. The third-order valence-electron chi connectivity index (χ3n) is 2.88. The first kappa shape index (κ1) is 13.9. The van der Waals surface area contributed by atoms with Crippen molar-refractivity contribution >= 4 is 23.1 Å². The van der Waals surface area contributed by atoms with Crippen molar-refractivity contribution in [3.63, 3.8) is 0 Å². The summed E-state index contributed by atoms with van der Waals surface area (Å²) in [6.07, 6.45) is 3.59. The largest absolute Gasteiger partial charge is 0.295 e. The standard InChI is InChI=1S/C11H20ClN3S/c1-4-6-7-15(9(3)5-2)8-10-11(12)16-14-13-10/h9H,4-8H2,1-3H3. The van der Waals surface area contributed by atoms with Gasteiger partial charge in [0.1, 0.15) is 10.0 Å². The fraction of sp³-hybridized carbons (Fsp3) is 0.818. The monoisotopic (exact) mass is 261 g/mol. The van der Waals surface area contributed by atoms with Crippen LogP contribution >= 0.6 is 23.1 Å². The van der Waals surface area contributed by atoms with Gasteiger partial charge in [0.25, 0.3) is 0 Å². The van der Waals surface area contributed by atoms with Gasteiger partial charge >= 0.3 is 0 Å². The van der Waals surface area contributed by atoms with Gasteiger partial charge in [-0.25, -0.2) is 0 Å². The normalized spacial score (nSPS) is 13.3. The molecule has 16 heavy (non-hydrogen) atoms. The second-order valence-corrected chi connectivity index (χ2v) is 5.43. The summed E-state index contributed by atoms with van der Waals surface area (Å²) in [5, 5.41) is 4.08. The summed E-state index contributed by atoms with van der Waals surface area (Å²) in [6.45, 7) is 8.61. The molecule has 0 aliphatic carbocycles. The van der Waals surface area contributed by atoms with Crippen LogP contribution in [0.2, 0.25) is 4.34 Å². The van der Waals surface area contributed by atoms with Crippen LogP contribution in [-0.4, -0.2) is 27.1 Å². The minimum Gasteiger partial charge on any atom is -0.295 e. The molecule has 0 saturated heterocycles. The summed E-state index contributed by atoms with van der Waals surface area (Å²) in [5.41, 5.74) is 0.920. The Morgan fingerprint density at radius 2 is 2.19 bits per heavy atom. The molecule has 0 aliphatic rings. The third kappa shape index (κ3) is 4.00. The Morgan fingerprint density at radius 3 is 2.69 bits per heavy atom. The fourth-order valence-electron chi connectivity index (χ4n) is 1.56. The molecule has 0 fully saturated rings. The molecule has 0 saturated carbocycles.